The van der Waals surface area contributed by atoms with Crippen molar-refractivity contribution in [3.63, 3.8) is 0 Å². The Morgan fingerprint density at radius 1 is 1.12 bits per heavy atom. The molecule has 1 aromatic heterocycles. The molecule has 0 aliphatic heterocycles. The van der Waals surface area contributed by atoms with Crippen LogP contribution in [-0.4, -0.2) is 34.4 Å². The van der Waals surface area contributed by atoms with Crippen molar-refractivity contribution in [2.45, 2.75) is 46.6 Å². The monoisotopic (exact) mass is 238 g/mol. The Morgan fingerprint density at radius 2 is 1.88 bits per heavy atom. The van der Waals surface area contributed by atoms with E-state index in [1.165, 1.54) is 0 Å². The molecule has 0 spiro atoms. The van der Waals surface area contributed by atoms with Gasteiger partial charge in [-0.15, -0.1) is 5.10 Å². The van der Waals surface area contributed by atoms with Crippen molar-refractivity contribution in [2.24, 2.45) is 0 Å². The van der Waals surface area contributed by atoms with Crippen LogP contribution in [-0.2, 0) is 4.74 Å². The first-order valence-corrected chi connectivity index (χ1v) is 6.13. The van der Waals surface area contributed by atoms with E-state index >= 15 is 0 Å². The van der Waals surface area contributed by atoms with Crippen LogP contribution in [0.2, 0.25) is 0 Å². The van der Waals surface area contributed by atoms with E-state index in [1.54, 1.807) is 0 Å². The second-order valence-electron chi connectivity index (χ2n) is 4.36. The summed E-state index contributed by atoms with van der Waals surface area (Å²) >= 11 is 0. The Hall–Kier alpha value is -1.23. The summed E-state index contributed by atoms with van der Waals surface area (Å²) in [5.41, 5.74) is 1.80. The van der Waals surface area contributed by atoms with Gasteiger partial charge in [0.2, 0.25) is 5.95 Å². The number of rotatable bonds is 7. The zero-order valence-electron chi connectivity index (χ0n) is 11.2. The Balaban J connectivity index is 2.16. The van der Waals surface area contributed by atoms with Crippen LogP contribution < -0.4 is 5.32 Å². The summed E-state index contributed by atoms with van der Waals surface area (Å²) in [5.74, 6) is 0.609. The van der Waals surface area contributed by atoms with Gasteiger partial charge < -0.3 is 10.1 Å². The number of hydrogen-bond donors (Lipinski definition) is 1. The van der Waals surface area contributed by atoms with E-state index in [4.69, 9.17) is 4.74 Å². The second kappa shape index (κ2) is 7.17. The van der Waals surface area contributed by atoms with Crippen molar-refractivity contribution in [1.29, 1.82) is 0 Å². The van der Waals surface area contributed by atoms with Gasteiger partial charge in [0.25, 0.3) is 0 Å². The molecule has 0 aliphatic carbocycles. The van der Waals surface area contributed by atoms with E-state index in [9.17, 15) is 0 Å². The molecule has 1 N–H and O–H groups in total. The zero-order valence-corrected chi connectivity index (χ0v) is 11.2. The summed E-state index contributed by atoms with van der Waals surface area (Å²) in [5, 5.41) is 11.2. The lowest BCUT2D eigenvalue weighted by atomic mass is 10.3. The fourth-order valence-corrected chi connectivity index (χ4v) is 1.28. The first-order chi connectivity index (χ1) is 8.09. The molecule has 0 aliphatic rings. The van der Waals surface area contributed by atoms with Crippen molar-refractivity contribution in [1.82, 2.24) is 15.2 Å². The average molecular weight is 238 g/mol. The molecule has 0 saturated heterocycles. The van der Waals surface area contributed by atoms with Crippen LogP contribution in [0.1, 0.15) is 38.1 Å². The molecule has 5 nitrogen and oxygen atoms in total. The van der Waals surface area contributed by atoms with E-state index in [2.05, 4.69) is 20.5 Å². The lowest BCUT2D eigenvalue weighted by Gasteiger charge is -2.08. The maximum atomic E-state index is 5.46. The molecule has 96 valence electrons. The lowest BCUT2D eigenvalue weighted by Crippen LogP contribution is -2.10. The maximum absolute atomic E-state index is 5.46. The van der Waals surface area contributed by atoms with Gasteiger partial charge in [0.1, 0.15) is 0 Å². The quantitative estimate of drug-likeness (QED) is 0.737. The molecule has 0 radical (unpaired) electrons. The first kappa shape index (κ1) is 13.8. The van der Waals surface area contributed by atoms with Gasteiger partial charge in [0, 0.05) is 13.2 Å². The van der Waals surface area contributed by atoms with Gasteiger partial charge in [0.05, 0.1) is 17.5 Å². The van der Waals surface area contributed by atoms with Gasteiger partial charge >= 0.3 is 0 Å². The number of aromatic nitrogens is 3. The Kier molecular flexibility index (Phi) is 5.83. The van der Waals surface area contributed by atoms with Gasteiger partial charge in [-0.2, -0.15) is 5.10 Å². The Labute approximate surface area is 103 Å². The predicted molar refractivity (Wildman–Crippen MR) is 68.1 cm³/mol. The molecule has 1 rings (SSSR count). The van der Waals surface area contributed by atoms with E-state index in [0.717, 1.165) is 37.4 Å². The highest BCUT2D eigenvalue weighted by atomic mass is 16.5. The molecule has 1 aromatic rings. The van der Waals surface area contributed by atoms with Gasteiger partial charge in [-0.05, 0) is 40.5 Å². The van der Waals surface area contributed by atoms with Gasteiger partial charge in [-0.3, -0.25) is 0 Å². The summed E-state index contributed by atoms with van der Waals surface area (Å²) in [7, 11) is 0. The van der Waals surface area contributed by atoms with Crippen LogP contribution in [0.25, 0.3) is 0 Å². The Bertz CT molecular complexity index is 341. The molecule has 0 bridgehead atoms. The molecule has 0 fully saturated rings. The molecule has 0 unspecified atom stereocenters. The molecule has 0 saturated carbocycles. The van der Waals surface area contributed by atoms with E-state index in [1.807, 2.05) is 27.7 Å². The molecule has 0 amide bonds. The SMILES string of the molecule is Cc1nnc(NCCCCOC(C)C)nc1C. The number of aryl methyl sites for hydroxylation is 2. The number of hydrogen-bond acceptors (Lipinski definition) is 5. The number of ether oxygens (including phenoxy) is 1. The summed E-state index contributed by atoms with van der Waals surface area (Å²) in [4.78, 5) is 4.30. The molecule has 5 heteroatoms. The van der Waals surface area contributed by atoms with Crippen molar-refractivity contribution >= 4 is 5.95 Å². The van der Waals surface area contributed by atoms with Gasteiger partial charge in [0.15, 0.2) is 0 Å². The minimum atomic E-state index is 0.315. The number of anilines is 1. The van der Waals surface area contributed by atoms with Crippen molar-refractivity contribution in [2.75, 3.05) is 18.5 Å². The number of nitrogens with zero attached hydrogens (tertiary/aromatic N) is 3. The number of nitrogens with one attached hydrogen (secondary N) is 1. The third-order valence-electron chi connectivity index (χ3n) is 2.40. The summed E-state index contributed by atoms with van der Waals surface area (Å²) in [6, 6.07) is 0. The van der Waals surface area contributed by atoms with Gasteiger partial charge in [-0.25, -0.2) is 4.98 Å². The topological polar surface area (TPSA) is 59.9 Å². The minimum Gasteiger partial charge on any atom is -0.379 e. The van der Waals surface area contributed by atoms with Crippen molar-refractivity contribution < 1.29 is 4.74 Å². The maximum Gasteiger partial charge on any atom is 0.242 e. The highest BCUT2D eigenvalue weighted by Gasteiger charge is 2.00. The van der Waals surface area contributed by atoms with Crippen LogP contribution >= 0.6 is 0 Å². The first-order valence-electron chi connectivity index (χ1n) is 6.13. The standard InChI is InChI=1S/C12H22N4O/c1-9(2)17-8-6-5-7-13-12-14-10(3)11(4)15-16-12/h9H,5-8H2,1-4H3,(H,13,14,16). The zero-order chi connectivity index (χ0) is 12.7. The van der Waals surface area contributed by atoms with Crippen molar-refractivity contribution in [3.8, 4) is 0 Å². The van der Waals surface area contributed by atoms with Crippen molar-refractivity contribution in [3.05, 3.63) is 11.4 Å². The summed E-state index contributed by atoms with van der Waals surface area (Å²) < 4.78 is 5.46. The van der Waals surface area contributed by atoms with Crippen LogP contribution in [0, 0.1) is 13.8 Å². The molecule has 17 heavy (non-hydrogen) atoms. The highest BCUT2D eigenvalue weighted by Crippen LogP contribution is 2.02. The third-order valence-corrected chi connectivity index (χ3v) is 2.40. The van der Waals surface area contributed by atoms with Crippen LogP contribution in [0.3, 0.4) is 0 Å². The average Bonchev–Trinajstić information content (AvgIpc) is 2.27. The van der Waals surface area contributed by atoms with E-state index in [0.29, 0.717) is 12.1 Å². The molecule has 1 heterocycles. The normalized spacial score (nSPS) is 10.9. The summed E-state index contributed by atoms with van der Waals surface area (Å²) in [6.45, 7) is 9.60. The highest BCUT2D eigenvalue weighted by molar-refractivity contribution is 5.24. The minimum absolute atomic E-state index is 0.315. The van der Waals surface area contributed by atoms with Gasteiger partial charge in [-0.1, -0.05) is 0 Å². The summed E-state index contributed by atoms with van der Waals surface area (Å²) in [6.07, 6.45) is 2.40. The largest absolute Gasteiger partial charge is 0.379 e. The smallest absolute Gasteiger partial charge is 0.242 e. The fraction of sp³-hybridized carbons (Fsp3) is 0.750. The predicted octanol–water partition coefficient (Wildman–Crippen LogP) is 2.11. The van der Waals surface area contributed by atoms with Crippen LogP contribution in [0.15, 0.2) is 0 Å². The van der Waals surface area contributed by atoms with E-state index < -0.39 is 0 Å². The molecule has 0 aromatic carbocycles. The van der Waals surface area contributed by atoms with E-state index in [-0.39, 0.29) is 0 Å². The van der Waals surface area contributed by atoms with Crippen LogP contribution in [0.4, 0.5) is 5.95 Å². The fourth-order valence-electron chi connectivity index (χ4n) is 1.28. The lowest BCUT2D eigenvalue weighted by molar-refractivity contribution is 0.0765. The Morgan fingerprint density at radius 3 is 2.53 bits per heavy atom. The molecule has 0 atom stereocenters. The number of unbranched alkanes of at least 4 members (excludes halogenated alkanes) is 1. The van der Waals surface area contributed by atoms with Crippen LogP contribution in [0.5, 0.6) is 0 Å². The molecular weight excluding hydrogens is 216 g/mol. The third kappa shape index (κ3) is 5.58. The molecular formula is C12H22N4O. The second-order valence-corrected chi connectivity index (χ2v) is 4.36.